The Kier molecular flexibility index (Phi) is 5.20. The molecule has 1 N–H and O–H groups in total. The Morgan fingerprint density at radius 1 is 1.22 bits per heavy atom. The van der Waals surface area contributed by atoms with Gasteiger partial charge in [-0.2, -0.15) is 5.26 Å². The Hall–Kier alpha value is -3.74. The fraction of sp³-hybridized carbons (Fsp3) is 0.556. The van der Waals surface area contributed by atoms with Crippen LogP contribution >= 0.6 is 0 Å². The highest BCUT2D eigenvalue weighted by atomic mass is 16.2. The maximum Gasteiger partial charge on any atom is 0.292 e. The molecular weight excluding hydrogens is 470 g/mol. The molecule has 37 heavy (non-hydrogen) atoms. The van der Waals surface area contributed by atoms with E-state index in [2.05, 4.69) is 21.6 Å². The lowest BCUT2D eigenvalue weighted by Gasteiger charge is -2.37. The number of para-hydroxylation sites is 1. The molecule has 6 rings (SSSR count). The Labute approximate surface area is 215 Å². The van der Waals surface area contributed by atoms with Gasteiger partial charge in [-0.15, -0.1) is 10.2 Å². The molecule has 1 saturated carbocycles. The van der Waals surface area contributed by atoms with Gasteiger partial charge in [-0.1, -0.05) is 51.8 Å². The van der Waals surface area contributed by atoms with Crippen LogP contribution in [0.15, 0.2) is 24.3 Å². The van der Waals surface area contributed by atoms with Crippen molar-refractivity contribution in [3.05, 3.63) is 41.5 Å². The smallest absolute Gasteiger partial charge is 0.292 e. The van der Waals surface area contributed by atoms with Gasteiger partial charge < -0.3 is 19.7 Å². The molecule has 2 fully saturated rings. The van der Waals surface area contributed by atoms with Gasteiger partial charge in [0, 0.05) is 37.2 Å². The van der Waals surface area contributed by atoms with E-state index in [1.165, 1.54) is 0 Å². The number of fused-ring (bicyclic) bond motifs is 3. The van der Waals surface area contributed by atoms with Crippen molar-refractivity contribution in [3.63, 3.8) is 0 Å². The second kappa shape index (κ2) is 8.13. The number of aromatic nitrogens is 3. The summed E-state index contributed by atoms with van der Waals surface area (Å²) in [5, 5.41) is 21.5. The van der Waals surface area contributed by atoms with Crippen LogP contribution in [-0.2, 0) is 27.0 Å². The van der Waals surface area contributed by atoms with Gasteiger partial charge >= 0.3 is 0 Å². The number of nitrogens with zero attached hydrogens (tertiary/aromatic N) is 6. The summed E-state index contributed by atoms with van der Waals surface area (Å²) in [6.07, 6.45) is 2.84. The first-order chi connectivity index (χ1) is 17.6. The molecular formula is C27H31N7O3. The molecule has 3 atom stereocenters. The number of amides is 3. The minimum Gasteiger partial charge on any atom is -0.325 e. The quantitative estimate of drug-likeness (QED) is 0.685. The van der Waals surface area contributed by atoms with Crippen molar-refractivity contribution in [2.24, 2.45) is 5.92 Å². The number of anilines is 1. The zero-order chi connectivity index (χ0) is 26.1. The predicted molar refractivity (Wildman–Crippen MR) is 133 cm³/mol. The number of hydrogen-bond acceptors (Lipinski definition) is 6. The maximum atomic E-state index is 14.2. The molecule has 0 unspecified atom stereocenters. The van der Waals surface area contributed by atoms with Gasteiger partial charge in [-0.3, -0.25) is 14.4 Å². The van der Waals surface area contributed by atoms with E-state index in [-0.39, 0.29) is 41.9 Å². The molecule has 3 aliphatic heterocycles. The highest BCUT2D eigenvalue weighted by Gasteiger charge is 2.57. The van der Waals surface area contributed by atoms with E-state index >= 15 is 0 Å². The molecule has 10 heteroatoms. The van der Waals surface area contributed by atoms with Crippen molar-refractivity contribution in [1.82, 2.24) is 24.6 Å². The van der Waals surface area contributed by atoms with Crippen LogP contribution in [0.5, 0.6) is 0 Å². The highest BCUT2D eigenvalue weighted by molar-refractivity contribution is 6.07. The van der Waals surface area contributed by atoms with E-state index in [4.69, 9.17) is 0 Å². The van der Waals surface area contributed by atoms with Crippen molar-refractivity contribution in [3.8, 4) is 6.07 Å². The van der Waals surface area contributed by atoms with Gasteiger partial charge in [-0.05, 0) is 24.0 Å². The minimum absolute atomic E-state index is 0.125. The lowest BCUT2D eigenvalue weighted by atomic mass is 9.80. The normalized spacial score (nSPS) is 25.6. The van der Waals surface area contributed by atoms with Gasteiger partial charge in [0.05, 0.1) is 11.5 Å². The number of hydrogen-bond donors (Lipinski definition) is 1. The largest absolute Gasteiger partial charge is 0.325 e. The summed E-state index contributed by atoms with van der Waals surface area (Å²) in [6, 6.07) is 8.29. The third-order valence-electron chi connectivity index (χ3n) is 8.27. The van der Waals surface area contributed by atoms with E-state index in [9.17, 15) is 19.6 Å². The Balaban J connectivity index is 1.32. The number of rotatable bonds is 4. The molecule has 0 bridgehead atoms. The summed E-state index contributed by atoms with van der Waals surface area (Å²) < 4.78 is 1.86. The van der Waals surface area contributed by atoms with Crippen LogP contribution in [0.25, 0.3) is 0 Å². The lowest BCUT2D eigenvalue weighted by molar-refractivity contribution is -0.137. The van der Waals surface area contributed by atoms with Crippen molar-refractivity contribution in [2.45, 2.75) is 75.9 Å². The lowest BCUT2D eigenvalue weighted by Crippen LogP contribution is -2.55. The highest BCUT2D eigenvalue weighted by Crippen LogP contribution is 2.47. The van der Waals surface area contributed by atoms with Gasteiger partial charge in [0.15, 0.2) is 0 Å². The third kappa shape index (κ3) is 3.63. The maximum absolute atomic E-state index is 14.2. The molecule has 2 aromatic rings. The standard InChI is InChI=1S/C27H31N7O3/c1-26(2,3)24-31-30-21-23(36)32(10-11-33(21)24)20(12-16-8-9-16)22(35)34-15-27(13-17(34)14-28)18-6-4-5-7-19(18)29-25(27)37/h4-7,16-17,20H,8-13,15H2,1-3H3,(H,29,37)/t17-,20-,27-/m0/s1. The fourth-order valence-corrected chi connectivity index (χ4v) is 6.17. The van der Waals surface area contributed by atoms with Crippen LogP contribution in [0.1, 0.15) is 68.5 Å². The molecule has 10 nitrogen and oxygen atoms in total. The number of nitrogens with one attached hydrogen (secondary N) is 1. The number of nitriles is 1. The van der Waals surface area contributed by atoms with Crippen LogP contribution in [0.2, 0.25) is 0 Å². The van der Waals surface area contributed by atoms with Crippen LogP contribution in [0, 0.1) is 17.2 Å². The summed E-state index contributed by atoms with van der Waals surface area (Å²) in [5.41, 5.74) is 0.336. The second-order valence-corrected chi connectivity index (χ2v) is 11.8. The molecule has 1 aliphatic carbocycles. The fourth-order valence-electron chi connectivity index (χ4n) is 6.17. The average molecular weight is 502 g/mol. The van der Waals surface area contributed by atoms with Gasteiger partial charge in [0.1, 0.15) is 17.9 Å². The first-order valence-electron chi connectivity index (χ1n) is 13.0. The third-order valence-corrected chi connectivity index (χ3v) is 8.27. The van der Waals surface area contributed by atoms with Gasteiger partial charge in [-0.25, -0.2) is 0 Å². The monoisotopic (exact) mass is 501 g/mol. The van der Waals surface area contributed by atoms with E-state index in [1.807, 2.05) is 49.6 Å². The molecule has 1 saturated heterocycles. The molecule has 3 amide bonds. The molecule has 4 aliphatic rings. The first kappa shape index (κ1) is 23.6. The van der Waals surface area contributed by atoms with Crippen LogP contribution in [0.4, 0.5) is 5.69 Å². The Bertz CT molecular complexity index is 1350. The Morgan fingerprint density at radius 3 is 2.68 bits per heavy atom. The zero-order valence-corrected chi connectivity index (χ0v) is 21.4. The number of carbonyl (C=O) groups is 3. The number of carbonyl (C=O) groups excluding carboxylic acids is 3. The van der Waals surface area contributed by atoms with E-state index in [1.54, 1.807) is 9.80 Å². The number of likely N-dealkylation sites (tertiary alicyclic amines) is 1. The SMILES string of the molecule is CC(C)(C)c1nnc2n1CCN([C@@H](CC1CC1)C(=O)N1C[C@]3(C[C@H]1C#N)C(=O)Nc1ccccc13)C2=O. The van der Waals surface area contributed by atoms with Crippen molar-refractivity contribution in [1.29, 1.82) is 5.26 Å². The summed E-state index contributed by atoms with van der Waals surface area (Å²) >= 11 is 0. The zero-order valence-electron chi connectivity index (χ0n) is 21.4. The molecule has 4 heterocycles. The summed E-state index contributed by atoms with van der Waals surface area (Å²) in [4.78, 5) is 44.1. The summed E-state index contributed by atoms with van der Waals surface area (Å²) in [5.74, 6) is 0.629. The van der Waals surface area contributed by atoms with Gasteiger partial charge in [0.25, 0.3) is 5.91 Å². The molecule has 1 spiro atoms. The molecule has 192 valence electrons. The van der Waals surface area contributed by atoms with Crippen LogP contribution in [0.3, 0.4) is 0 Å². The van der Waals surface area contributed by atoms with Crippen LogP contribution < -0.4 is 5.32 Å². The van der Waals surface area contributed by atoms with Crippen molar-refractivity contribution in [2.75, 3.05) is 18.4 Å². The second-order valence-electron chi connectivity index (χ2n) is 11.8. The van der Waals surface area contributed by atoms with E-state index in [0.717, 1.165) is 29.9 Å². The topological polar surface area (TPSA) is 124 Å². The summed E-state index contributed by atoms with van der Waals surface area (Å²) in [6.45, 7) is 7.10. The minimum atomic E-state index is -0.954. The number of benzene rings is 1. The van der Waals surface area contributed by atoms with E-state index < -0.39 is 17.5 Å². The molecule has 0 radical (unpaired) electrons. The first-order valence-corrected chi connectivity index (χ1v) is 13.0. The predicted octanol–water partition coefficient (Wildman–Crippen LogP) is 2.21. The average Bonchev–Trinajstić information content (AvgIpc) is 3.32. The van der Waals surface area contributed by atoms with Crippen molar-refractivity contribution >= 4 is 23.4 Å². The van der Waals surface area contributed by atoms with Gasteiger partial charge in [0.2, 0.25) is 17.6 Å². The van der Waals surface area contributed by atoms with E-state index in [0.29, 0.717) is 25.4 Å². The summed E-state index contributed by atoms with van der Waals surface area (Å²) in [7, 11) is 0. The molecule has 1 aromatic heterocycles. The van der Waals surface area contributed by atoms with Crippen molar-refractivity contribution < 1.29 is 14.4 Å². The molecule has 1 aromatic carbocycles. The Morgan fingerprint density at radius 2 is 1.97 bits per heavy atom. The van der Waals surface area contributed by atoms with Crippen LogP contribution in [-0.4, -0.2) is 67.5 Å².